The van der Waals surface area contributed by atoms with Gasteiger partial charge in [0.25, 0.3) is 0 Å². The van der Waals surface area contributed by atoms with E-state index in [1.807, 2.05) is 6.92 Å². The molecule has 0 amide bonds. The van der Waals surface area contributed by atoms with Crippen LogP contribution in [0.25, 0.3) is 0 Å². The first-order valence-corrected chi connectivity index (χ1v) is 13.4. The minimum atomic E-state index is -3.83. The van der Waals surface area contributed by atoms with Crippen LogP contribution < -0.4 is 9.47 Å². The highest BCUT2D eigenvalue weighted by Crippen LogP contribution is 2.29. The standard InChI is InChI=1S/C22H32N2O6S2/c1-6-23(7-2)31(25,26)19-11-13-20(14-12-19)32(27,28)24(8-3)17-18-10-15-21(30-9-4)22(16-18)29-5/h10-16H,6-9,17H2,1-5H3. The van der Waals surface area contributed by atoms with Crippen molar-refractivity contribution in [3.8, 4) is 11.5 Å². The first-order chi connectivity index (χ1) is 15.1. The van der Waals surface area contributed by atoms with Gasteiger partial charge in [-0.25, -0.2) is 16.8 Å². The highest BCUT2D eigenvalue weighted by molar-refractivity contribution is 7.89. The molecule has 0 saturated heterocycles. The third-order valence-corrected chi connectivity index (χ3v) is 9.04. The van der Waals surface area contributed by atoms with Crippen LogP contribution in [0.4, 0.5) is 0 Å². The van der Waals surface area contributed by atoms with E-state index in [4.69, 9.17) is 9.47 Å². The van der Waals surface area contributed by atoms with Gasteiger partial charge in [0.05, 0.1) is 23.5 Å². The second-order valence-corrected chi connectivity index (χ2v) is 10.8. The smallest absolute Gasteiger partial charge is 0.243 e. The van der Waals surface area contributed by atoms with Gasteiger partial charge < -0.3 is 9.47 Å². The fraction of sp³-hybridized carbons (Fsp3) is 0.455. The summed E-state index contributed by atoms with van der Waals surface area (Å²) in [5, 5.41) is 0. The van der Waals surface area contributed by atoms with E-state index in [-0.39, 0.29) is 22.9 Å². The van der Waals surface area contributed by atoms with Gasteiger partial charge in [-0.2, -0.15) is 8.61 Å². The summed E-state index contributed by atoms with van der Waals surface area (Å²) in [6.45, 7) is 8.70. The molecule has 0 aliphatic heterocycles. The fourth-order valence-corrected chi connectivity index (χ4v) is 6.20. The number of hydrogen-bond donors (Lipinski definition) is 0. The van der Waals surface area contributed by atoms with Crippen molar-refractivity contribution in [2.75, 3.05) is 33.4 Å². The third kappa shape index (κ3) is 5.61. The number of hydrogen-bond acceptors (Lipinski definition) is 6. The Morgan fingerprint density at radius 1 is 0.719 bits per heavy atom. The summed E-state index contributed by atoms with van der Waals surface area (Å²) in [6, 6.07) is 10.7. The van der Waals surface area contributed by atoms with Gasteiger partial charge in [0.2, 0.25) is 20.0 Å². The molecule has 32 heavy (non-hydrogen) atoms. The molecule has 0 aliphatic rings. The van der Waals surface area contributed by atoms with Crippen molar-refractivity contribution in [2.45, 2.75) is 44.0 Å². The van der Waals surface area contributed by atoms with Gasteiger partial charge in [-0.1, -0.05) is 26.8 Å². The van der Waals surface area contributed by atoms with Crippen LogP contribution in [0.3, 0.4) is 0 Å². The Bertz CT molecular complexity index is 1100. The molecule has 0 atom stereocenters. The minimum Gasteiger partial charge on any atom is -0.493 e. The molecule has 0 spiro atoms. The predicted octanol–water partition coefficient (Wildman–Crippen LogP) is 3.34. The molecule has 8 nitrogen and oxygen atoms in total. The summed E-state index contributed by atoms with van der Waals surface area (Å²) < 4.78 is 65.3. The topological polar surface area (TPSA) is 93.2 Å². The number of nitrogens with zero attached hydrogens (tertiary/aromatic N) is 2. The van der Waals surface area contributed by atoms with E-state index >= 15 is 0 Å². The van der Waals surface area contributed by atoms with Gasteiger partial charge in [-0.3, -0.25) is 0 Å². The molecule has 0 saturated carbocycles. The zero-order chi connectivity index (χ0) is 23.9. The summed E-state index contributed by atoms with van der Waals surface area (Å²) in [7, 11) is -5.95. The lowest BCUT2D eigenvalue weighted by Crippen LogP contribution is -2.31. The molecule has 0 aliphatic carbocycles. The Hall–Kier alpha value is -2.14. The maximum Gasteiger partial charge on any atom is 0.243 e. The highest BCUT2D eigenvalue weighted by Gasteiger charge is 2.26. The van der Waals surface area contributed by atoms with Crippen molar-refractivity contribution < 1.29 is 26.3 Å². The van der Waals surface area contributed by atoms with Crippen molar-refractivity contribution in [3.63, 3.8) is 0 Å². The zero-order valence-corrected chi connectivity index (χ0v) is 20.9. The van der Waals surface area contributed by atoms with E-state index in [9.17, 15) is 16.8 Å². The van der Waals surface area contributed by atoms with Crippen LogP contribution in [-0.4, -0.2) is 58.8 Å². The first-order valence-electron chi connectivity index (χ1n) is 10.6. The number of sulfonamides is 2. The molecular formula is C22H32N2O6S2. The van der Waals surface area contributed by atoms with E-state index in [1.54, 1.807) is 39.0 Å². The summed E-state index contributed by atoms with van der Waals surface area (Å²) >= 11 is 0. The Morgan fingerprint density at radius 3 is 1.66 bits per heavy atom. The Morgan fingerprint density at radius 2 is 1.22 bits per heavy atom. The lowest BCUT2D eigenvalue weighted by atomic mass is 10.2. The van der Waals surface area contributed by atoms with Crippen molar-refractivity contribution >= 4 is 20.0 Å². The summed E-state index contributed by atoms with van der Waals surface area (Å²) in [6.07, 6.45) is 0. The summed E-state index contributed by atoms with van der Waals surface area (Å²) in [5.41, 5.74) is 0.747. The monoisotopic (exact) mass is 484 g/mol. The Labute approximate surface area is 191 Å². The van der Waals surface area contributed by atoms with Gasteiger partial charge in [0, 0.05) is 26.2 Å². The Balaban J connectivity index is 2.31. The van der Waals surface area contributed by atoms with Gasteiger partial charge in [-0.05, 0) is 48.9 Å². The molecule has 2 aromatic rings. The molecule has 10 heteroatoms. The predicted molar refractivity (Wildman–Crippen MR) is 124 cm³/mol. The van der Waals surface area contributed by atoms with Crippen LogP contribution in [0.5, 0.6) is 11.5 Å². The SMILES string of the molecule is CCOc1ccc(CN(CC)S(=O)(=O)c2ccc(S(=O)(=O)N(CC)CC)cc2)cc1OC. The maximum absolute atomic E-state index is 13.2. The molecule has 0 bridgehead atoms. The van der Waals surface area contributed by atoms with Crippen molar-refractivity contribution in [3.05, 3.63) is 48.0 Å². The lowest BCUT2D eigenvalue weighted by Gasteiger charge is -2.22. The summed E-state index contributed by atoms with van der Waals surface area (Å²) in [5.74, 6) is 1.12. The molecule has 0 heterocycles. The molecule has 0 fully saturated rings. The van der Waals surface area contributed by atoms with Crippen LogP contribution in [0.15, 0.2) is 52.3 Å². The van der Waals surface area contributed by atoms with Crippen LogP contribution in [0.2, 0.25) is 0 Å². The average Bonchev–Trinajstić information content (AvgIpc) is 2.79. The second-order valence-electron chi connectivity index (χ2n) is 6.91. The maximum atomic E-state index is 13.2. The largest absolute Gasteiger partial charge is 0.493 e. The number of methoxy groups -OCH3 is 1. The van der Waals surface area contributed by atoms with Crippen LogP contribution >= 0.6 is 0 Å². The first kappa shape index (κ1) is 26.1. The molecule has 2 aromatic carbocycles. The normalized spacial score (nSPS) is 12.3. The number of ether oxygens (including phenoxy) is 2. The molecule has 2 rings (SSSR count). The Kier molecular flexibility index (Phi) is 9.08. The van der Waals surface area contributed by atoms with Crippen molar-refractivity contribution in [1.29, 1.82) is 0 Å². The fourth-order valence-electron chi connectivity index (χ4n) is 3.30. The molecule has 178 valence electrons. The molecular weight excluding hydrogens is 452 g/mol. The van der Waals surface area contributed by atoms with E-state index < -0.39 is 20.0 Å². The molecule has 0 unspecified atom stereocenters. The molecule has 0 N–H and O–H groups in total. The van der Waals surface area contributed by atoms with E-state index in [2.05, 4.69) is 0 Å². The van der Waals surface area contributed by atoms with Crippen LogP contribution in [0.1, 0.15) is 33.3 Å². The van der Waals surface area contributed by atoms with Crippen LogP contribution in [-0.2, 0) is 26.6 Å². The van der Waals surface area contributed by atoms with Gasteiger partial charge in [-0.15, -0.1) is 0 Å². The van der Waals surface area contributed by atoms with E-state index in [0.29, 0.717) is 31.2 Å². The molecule has 0 aromatic heterocycles. The quantitative estimate of drug-likeness (QED) is 0.459. The van der Waals surface area contributed by atoms with Gasteiger partial charge >= 0.3 is 0 Å². The second kappa shape index (κ2) is 11.1. The minimum absolute atomic E-state index is 0.0377. The lowest BCUT2D eigenvalue weighted by molar-refractivity contribution is 0.310. The number of rotatable bonds is 12. The highest BCUT2D eigenvalue weighted by atomic mass is 32.2. The molecule has 0 radical (unpaired) electrons. The average molecular weight is 485 g/mol. The number of benzene rings is 2. The van der Waals surface area contributed by atoms with E-state index in [0.717, 1.165) is 5.56 Å². The van der Waals surface area contributed by atoms with Gasteiger partial charge in [0.15, 0.2) is 11.5 Å². The van der Waals surface area contributed by atoms with Gasteiger partial charge in [0.1, 0.15) is 0 Å². The van der Waals surface area contributed by atoms with E-state index in [1.165, 1.54) is 40.0 Å². The third-order valence-electron chi connectivity index (χ3n) is 5.04. The summed E-state index contributed by atoms with van der Waals surface area (Å²) in [4.78, 5) is 0.107. The van der Waals surface area contributed by atoms with Crippen molar-refractivity contribution in [1.82, 2.24) is 8.61 Å². The van der Waals surface area contributed by atoms with Crippen LogP contribution in [0, 0.1) is 0 Å². The zero-order valence-electron chi connectivity index (χ0n) is 19.2. The van der Waals surface area contributed by atoms with Crippen molar-refractivity contribution in [2.24, 2.45) is 0 Å².